The minimum absolute atomic E-state index is 0.109. The molecule has 1 rings (SSSR count). The SMILES string of the molecule is CN(CCOCCO)C1CC(C)(C)N(C)C(C)(C)C1. The lowest BCUT2D eigenvalue weighted by Gasteiger charge is -2.55. The van der Waals surface area contributed by atoms with E-state index in [2.05, 4.69) is 51.6 Å². The Morgan fingerprint density at radius 2 is 1.68 bits per heavy atom. The van der Waals surface area contributed by atoms with E-state index in [0.717, 1.165) is 6.54 Å². The summed E-state index contributed by atoms with van der Waals surface area (Å²) in [6.07, 6.45) is 2.37. The summed E-state index contributed by atoms with van der Waals surface area (Å²) in [5, 5.41) is 8.70. The van der Waals surface area contributed by atoms with Crippen molar-refractivity contribution >= 4 is 0 Å². The lowest BCUT2D eigenvalue weighted by Crippen LogP contribution is -2.62. The zero-order valence-corrected chi connectivity index (χ0v) is 13.6. The summed E-state index contributed by atoms with van der Waals surface area (Å²) in [7, 11) is 4.42. The maximum absolute atomic E-state index is 8.70. The highest BCUT2D eigenvalue weighted by atomic mass is 16.5. The Kier molecular flexibility index (Phi) is 5.80. The van der Waals surface area contributed by atoms with Crippen LogP contribution in [-0.4, -0.2) is 72.5 Å². The smallest absolute Gasteiger partial charge is 0.0698 e. The topological polar surface area (TPSA) is 35.9 Å². The predicted molar refractivity (Wildman–Crippen MR) is 79.5 cm³/mol. The van der Waals surface area contributed by atoms with Crippen LogP contribution in [0.15, 0.2) is 0 Å². The molecule has 114 valence electrons. The number of nitrogens with zero attached hydrogens (tertiary/aromatic N) is 2. The van der Waals surface area contributed by atoms with Crippen LogP contribution in [0.3, 0.4) is 0 Å². The first-order valence-electron chi connectivity index (χ1n) is 7.33. The molecule has 0 spiro atoms. The summed E-state index contributed by atoms with van der Waals surface area (Å²) in [6, 6.07) is 0.596. The molecule has 0 bridgehead atoms. The van der Waals surface area contributed by atoms with Gasteiger partial charge in [0.05, 0.1) is 19.8 Å². The fourth-order valence-corrected chi connectivity index (χ4v) is 3.19. The number of hydrogen-bond donors (Lipinski definition) is 1. The van der Waals surface area contributed by atoms with Gasteiger partial charge < -0.3 is 14.7 Å². The van der Waals surface area contributed by atoms with Crippen molar-refractivity contribution in [1.29, 1.82) is 0 Å². The number of aliphatic hydroxyl groups is 1. The molecule has 4 heteroatoms. The second-order valence-electron chi connectivity index (χ2n) is 7.06. The highest BCUT2D eigenvalue weighted by Crippen LogP contribution is 2.38. The number of aliphatic hydroxyl groups excluding tert-OH is 1. The predicted octanol–water partition coefficient (Wildman–Crippen LogP) is 1.58. The van der Waals surface area contributed by atoms with E-state index in [-0.39, 0.29) is 17.7 Å². The molecule has 0 unspecified atom stereocenters. The van der Waals surface area contributed by atoms with Crippen LogP contribution in [0.4, 0.5) is 0 Å². The number of rotatable bonds is 6. The van der Waals surface area contributed by atoms with Crippen LogP contribution >= 0.6 is 0 Å². The molecule has 0 saturated carbocycles. The second kappa shape index (κ2) is 6.53. The van der Waals surface area contributed by atoms with Crippen LogP contribution in [0.2, 0.25) is 0 Å². The quantitative estimate of drug-likeness (QED) is 0.745. The molecule has 0 radical (unpaired) electrons. The van der Waals surface area contributed by atoms with Gasteiger partial charge in [0, 0.05) is 23.7 Å². The molecule has 19 heavy (non-hydrogen) atoms. The first-order valence-corrected chi connectivity index (χ1v) is 7.33. The van der Waals surface area contributed by atoms with Gasteiger partial charge >= 0.3 is 0 Å². The highest BCUT2D eigenvalue weighted by Gasteiger charge is 2.43. The van der Waals surface area contributed by atoms with Crippen molar-refractivity contribution in [3.8, 4) is 0 Å². The Balaban J connectivity index is 2.54. The molecule has 0 amide bonds. The molecular formula is C15H32N2O2. The van der Waals surface area contributed by atoms with Gasteiger partial charge in [-0.2, -0.15) is 0 Å². The average Bonchev–Trinajstić information content (AvgIpc) is 2.30. The number of likely N-dealkylation sites (N-methyl/N-ethyl adjacent to an activating group) is 1. The monoisotopic (exact) mass is 272 g/mol. The number of likely N-dealkylation sites (tertiary alicyclic amines) is 1. The third-order valence-electron chi connectivity index (χ3n) is 4.73. The largest absolute Gasteiger partial charge is 0.394 e. The standard InChI is InChI=1S/C15H32N2O2/c1-14(2)11-13(12-15(3,4)17(14)6)16(5)7-9-19-10-8-18/h13,18H,7-12H2,1-6H3. The van der Waals surface area contributed by atoms with Gasteiger partial charge in [-0.05, 0) is 54.6 Å². The molecule has 1 saturated heterocycles. The molecule has 0 aliphatic carbocycles. The van der Waals surface area contributed by atoms with E-state index < -0.39 is 0 Å². The van der Waals surface area contributed by atoms with Crippen molar-refractivity contribution < 1.29 is 9.84 Å². The lowest BCUT2D eigenvalue weighted by molar-refractivity contribution is -0.0467. The summed E-state index contributed by atoms with van der Waals surface area (Å²) in [4.78, 5) is 4.92. The van der Waals surface area contributed by atoms with Crippen molar-refractivity contribution in [2.75, 3.05) is 40.5 Å². The number of piperidine rings is 1. The first kappa shape index (κ1) is 16.9. The summed E-state index contributed by atoms with van der Waals surface area (Å²) in [6.45, 7) is 11.5. The van der Waals surface area contributed by atoms with Gasteiger partial charge in [-0.25, -0.2) is 0 Å². The summed E-state index contributed by atoms with van der Waals surface area (Å²) < 4.78 is 5.37. The molecule has 0 atom stereocenters. The second-order valence-corrected chi connectivity index (χ2v) is 7.06. The molecule has 1 aliphatic heterocycles. The molecule has 0 aromatic carbocycles. The summed E-state index contributed by atoms with van der Waals surface area (Å²) in [5.41, 5.74) is 0.458. The highest BCUT2D eigenvalue weighted by molar-refractivity contribution is 5.00. The van der Waals surface area contributed by atoms with E-state index in [1.54, 1.807) is 0 Å². The van der Waals surface area contributed by atoms with Gasteiger partial charge in [0.1, 0.15) is 0 Å². The fourth-order valence-electron chi connectivity index (χ4n) is 3.19. The van der Waals surface area contributed by atoms with Crippen molar-refractivity contribution in [2.45, 2.75) is 57.7 Å². The molecule has 1 fully saturated rings. The van der Waals surface area contributed by atoms with Gasteiger partial charge in [-0.15, -0.1) is 0 Å². The minimum atomic E-state index is 0.109. The maximum atomic E-state index is 8.70. The molecular weight excluding hydrogens is 240 g/mol. The van der Waals surface area contributed by atoms with Crippen LogP contribution in [0.1, 0.15) is 40.5 Å². The van der Waals surface area contributed by atoms with Crippen LogP contribution in [0.25, 0.3) is 0 Å². The zero-order valence-electron chi connectivity index (χ0n) is 13.6. The van der Waals surface area contributed by atoms with E-state index in [9.17, 15) is 0 Å². The van der Waals surface area contributed by atoms with Crippen molar-refractivity contribution in [1.82, 2.24) is 9.80 Å². The van der Waals surface area contributed by atoms with Gasteiger partial charge in [-0.1, -0.05) is 0 Å². The van der Waals surface area contributed by atoms with Gasteiger partial charge in [0.2, 0.25) is 0 Å². The van der Waals surface area contributed by atoms with E-state index in [4.69, 9.17) is 9.84 Å². The van der Waals surface area contributed by atoms with Gasteiger partial charge in [0.15, 0.2) is 0 Å². The fraction of sp³-hybridized carbons (Fsp3) is 1.00. The molecule has 1 aliphatic rings. The average molecular weight is 272 g/mol. The van der Waals surface area contributed by atoms with Crippen molar-refractivity contribution in [3.63, 3.8) is 0 Å². The molecule has 0 aromatic heterocycles. The Hall–Kier alpha value is -0.160. The Bertz CT molecular complexity index is 261. The van der Waals surface area contributed by atoms with E-state index in [0.29, 0.717) is 19.3 Å². The molecule has 0 aromatic rings. The molecule has 4 nitrogen and oxygen atoms in total. The molecule has 1 heterocycles. The number of hydrogen-bond acceptors (Lipinski definition) is 4. The van der Waals surface area contributed by atoms with Crippen LogP contribution in [0.5, 0.6) is 0 Å². The van der Waals surface area contributed by atoms with E-state index in [1.807, 2.05) is 0 Å². The Morgan fingerprint density at radius 3 is 2.16 bits per heavy atom. The Morgan fingerprint density at radius 1 is 1.16 bits per heavy atom. The number of ether oxygens (including phenoxy) is 1. The third-order valence-corrected chi connectivity index (χ3v) is 4.73. The summed E-state index contributed by atoms with van der Waals surface area (Å²) in [5.74, 6) is 0. The maximum Gasteiger partial charge on any atom is 0.0698 e. The van der Waals surface area contributed by atoms with Gasteiger partial charge in [0.25, 0.3) is 0 Å². The Labute approximate surface area is 118 Å². The lowest BCUT2D eigenvalue weighted by atomic mass is 9.77. The van der Waals surface area contributed by atoms with Crippen molar-refractivity contribution in [2.24, 2.45) is 0 Å². The van der Waals surface area contributed by atoms with E-state index in [1.165, 1.54) is 12.8 Å². The van der Waals surface area contributed by atoms with Crippen molar-refractivity contribution in [3.05, 3.63) is 0 Å². The minimum Gasteiger partial charge on any atom is -0.394 e. The van der Waals surface area contributed by atoms with Crippen LogP contribution in [0, 0.1) is 0 Å². The summed E-state index contributed by atoms with van der Waals surface area (Å²) >= 11 is 0. The van der Waals surface area contributed by atoms with Gasteiger partial charge in [-0.3, -0.25) is 4.90 Å². The first-order chi connectivity index (χ1) is 8.70. The van der Waals surface area contributed by atoms with Crippen LogP contribution in [-0.2, 0) is 4.74 Å². The van der Waals surface area contributed by atoms with Crippen LogP contribution < -0.4 is 0 Å². The normalized spacial score (nSPS) is 24.0. The zero-order chi connectivity index (χ0) is 14.7. The molecule has 1 N–H and O–H groups in total. The van der Waals surface area contributed by atoms with E-state index >= 15 is 0 Å². The third kappa shape index (κ3) is 4.42.